The SMILES string of the molecule is [2H]C1([2H])N(c2ccnc(Br)n2)C([2H])([2H])C([2H])([2H])C([2H])(O)C1([2H])[2H]. The summed E-state index contributed by atoms with van der Waals surface area (Å²) in [4.78, 5) is 7.58. The maximum Gasteiger partial charge on any atom is 0.198 e. The van der Waals surface area contributed by atoms with Crippen LogP contribution < -0.4 is 4.90 Å². The fourth-order valence-corrected chi connectivity index (χ4v) is 1.14. The fraction of sp³-hybridized carbons (Fsp3) is 0.556. The van der Waals surface area contributed by atoms with E-state index >= 15 is 0 Å². The van der Waals surface area contributed by atoms with Crippen molar-refractivity contribution in [3.8, 4) is 0 Å². The normalized spacial score (nSPS) is 44.7. The summed E-state index contributed by atoms with van der Waals surface area (Å²) in [5.41, 5.74) is 0. The molecule has 76 valence electrons. The molecule has 1 aliphatic heterocycles. The standard InChI is InChI=1S/C9H12BrN3O/c10-9-11-4-1-8(12-9)13-5-2-7(14)3-6-13/h1,4,7,14H,2-3,5-6H2/i2D2,3D2,5D2,6D2,7D. The number of aliphatic hydroxyl groups is 1. The molecule has 0 bridgehead atoms. The minimum Gasteiger partial charge on any atom is -0.393 e. The number of rotatable bonds is 1. The summed E-state index contributed by atoms with van der Waals surface area (Å²) in [6, 6.07) is 1.07. The number of hydrogen-bond donors (Lipinski definition) is 1. The predicted molar refractivity (Wildman–Crippen MR) is 57.2 cm³/mol. The molecule has 0 aromatic carbocycles. The van der Waals surface area contributed by atoms with Crippen LogP contribution in [-0.2, 0) is 0 Å². The zero-order valence-electron chi connectivity index (χ0n) is 15.8. The highest BCUT2D eigenvalue weighted by molar-refractivity contribution is 9.10. The first kappa shape index (κ1) is 3.72. The third kappa shape index (κ3) is 2.22. The highest BCUT2D eigenvalue weighted by Gasteiger charge is 2.17. The van der Waals surface area contributed by atoms with Gasteiger partial charge in [0.05, 0.1) is 7.45 Å². The van der Waals surface area contributed by atoms with Gasteiger partial charge in [-0.1, -0.05) is 0 Å². The molecule has 14 heavy (non-hydrogen) atoms. The molecule has 1 aromatic heterocycles. The molecule has 0 aliphatic carbocycles. The summed E-state index contributed by atoms with van der Waals surface area (Å²) in [5, 5.41) is 9.99. The zero-order valence-corrected chi connectivity index (χ0v) is 8.41. The number of aromatic nitrogens is 2. The van der Waals surface area contributed by atoms with Crippen molar-refractivity contribution in [2.24, 2.45) is 0 Å². The molecule has 4 nitrogen and oxygen atoms in total. The molecule has 1 N–H and O–H groups in total. The number of anilines is 1. The lowest BCUT2D eigenvalue weighted by atomic mass is 10.1. The van der Waals surface area contributed by atoms with Gasteiger partial charge in [0.1, 0.15) is 5.82 Å². The zero-order chi connectivity index (χ0) is 18.1. The molecule has 1 aliphatic rings. The van der Waals surface area contributed by atoms with Crippen LogP contribution in [0.1, 0.15) is 25.1 Å². The Hall–Kier alpha value is -0.680. The van der Waals surface area contributed by atoms with E-state index in [1.54, 1.807) is 0 Å². The van der Waals surface area contributed by atoms with Crippen LogP contribution in [0.5, 0.6) is 0 Å². The Morgan fingerprint density at radius 2 is 2.36 bits per heavy atom. The van der Waals surface area contributed by atoms with Gasteiger partial charge in [0, 0.05) is 30.2 Å². The number of piperidine rings is 1. The molecule has 1 aromatic rings. The first-order valence-electron chi connectivity index (χ1n) is 8.13. The van der Waals surface area contributed by atoms with E-state index in [0.717, 1.165) is 12.3 Å². The molecule has 5 heteroatoms. The van der Waals surface area contributed by atoms with E-state index in [1.165, 1.54) is 0 Å². The molecule has 0 amide bonds. The van der Waals surface area contributed by atoms with Crippen LogP contribution in [0.15, 0.2) is 17.0 Å². The first-order chi connectivity index (χ1) is 10.1. The topological polar surface area (TPSA) is 49.2 Å². The highest BCUT2D eigenvalue weighted by atomic mass is 79.9. The maximum absolute atomic E-state index is 9.99. The molecule has 2 heterocycles. The smallest absolute Gasteiger partial charge is 0.198 e. The van der Waals surface area contributed by atoms with Crippen LogP contribution in [0.4, 0.5) is 5.82 Å². The van der Waals surface area contributed by atoms with E-state index in [4.69, 9.17) is 12.3 Å². The van der Waals surface area contributed by atoms with Crippen LogP contribution in [0, 0.1) is 0 Å². The number of halogens is 1. The highest BCUT2D eigenvalue weighted by Crippen LogP contribution is 2.18. The average molecular weight is 267 g/mol. The minimum absolute atomic E-state index is 0.0468. The Morgan fingerprint density at radius 1 is 1.64 bits per heavy atom. The van der Waals surface area contributed by atoms with Crippen molar-refractivity contribution in [1.29, 1.82) is 0 Å². The predicted octanol–water partition coefficient (Wildman–Crippen LogP) is 1.20. The van der Waals surface area contributed by atoms with Crippen molar-refractivity contribution in [3.05, 3.63) is 17.0 Å². The Labute approximate surface area is 104 Å². The number of nitrogens with zero attached hydrogens (tertiary/aromatic N) is 3. The van der Waals surface area contributed by atoms with Crippen LogP contribution >= 0.6 is 15.9 Å². The summed E-state index contributed by atoms with van der Waals surface area (Å²) in [6.45, 7) is -6.57. The van der Waals surface area contributed by atoms with Gasteiger partial charge in [0.25, 0.3) is 0 Å². The van der Waals surface area contributed by atoms with Gasteiger partial charge in [0.2, 0.25) is 0 Å². The quantitative estimate of drug-likeness (QED) is 0.777. The van der Waals surface area contributed by atoms with Crippen LogP contribution in [-0.4, -0.2) is 34.1 Å². The van der Waals surface area contributed by atoms with Gasteiger partial charge in [-0.2, -0.15) is 0 Å². The molecule has 0 unspecified atom stereocenters. The van der Waals surface area contributed by atoms with Crippen molar-refractivity contribution in [3.63, 3.8) is 0 Å². The molecule has 0 radical (unpaired) electrons. The molecule has 1 saturated heterocycles. The van der Waals surface area contributed by atoms with Crippen LogP contribution in [0.3, 0.4) is 0 Å². The summed E-state index contributed by atoms with van der Waals surface area (Å²) < 4.78 is 70.3. The van der Waals surface area contributed by atoms with Crippen LogP contribution in [0.25, 0.3) is 0 Å². The van der Waals surface area contributed by atoms with Gasteiger partial charge in [-0.25, -0.2) is 9.97 Å². The average Bonchev–Trinajstić information content (AvgIpc) is 2.36. The van der Waals surface area contributed by atoms with Gasteiger partial charge in [0.15, 0.2) is 4.73 Å². The fourth-order valence-electron chi connectivity index (χ4n) is 0.842. The van der Waals surface area contributed by atoms with E-state index < -0.39 is 37.6 Å². The van der Waals surface area contributed by atoms with Crippen LogP contribution in [0.2, 0.25) is 0 Å². The Balaban J connectivity index is 2.80. The third-order valence-corrected chi connectivity index (χ3v) is 1.79. The van der Waals surface area contributed by atoms with E-state index in [1.807, 2.05) is 0 Å². The van der Waals surface area contributed by atoms with Gasteiger partial charge in [-0.05, 0) is 34.7 Å². The maximum atomic E-state index is 9.99. The van der Waals surface area contributed by atoms with Crippen molar-refractivity contribution in [2.75, 3.05) is 17.9 Å². The molecular weight excluding hydrogens is 246 g/mol. The molecule has 0 spiro atoms. The molecule has 2 rings (SSSR count). The second-order valence-corrected chi connectivity index (χ2v) is 3.05. The lowest BCUT2D eigenvalue weighted by Crippen LogP contribution is -2.36. The lowest BCUT2D eigenvalue weighted by Gasteiger charge is -2.30. The van der Waals surface area contributed by atoms with Gasteiger partial charge < -0.3 is 10.0 Å². The van der Waals surface area contributed by atoms with E-state index in [2.05, 4.69) is 25.9 Å². The van der Waals surface area contributed by atoms with Crippen molar-refractivity contribution in [2.45, 2.75) is 18.8 Å². The van der Waals surface area contributed by atoms with Crippen molar-refractivity contribution in [1.82, 2.24) is 9.97 Å². The summed E-state index contributed by atoms with van der Waals surface area (Å²) >= 11 is 2.92. The first-order valence-corrected chi connectivity index (χ1v) is 4.43. The minimum atomic E-state index is -3.69. The second kappa shape index (κ2) is 4.23. The molecule has 0 saturated carbocycles. The Kier molecular flexibility index (Phi) is 1.12. The summed E-state index contributed by atoms with van der Waals surface area (Å²) in [7, 11) is 0. The van der Waals surface area contributed by atoms with Gasteiger partial charge >= 0.3 is 0 Å². The second-order valence-electron chi connectivity index (χ2n) is 2.34. The summed E-state index contributed by atoms with van der Waals surface area (Å²) in [5.74, 6) is -0.440. The molecule has 0 atom stereocenters. The lowest BCUT2D eigenvalue weighted by molar-refractivity contribution is 0.145. The summed E-state index contributed by atoms with van der Waals surface area (Å²) in [6.07, 6.45) is -9.50. The number of hydrogen-bond acceptors (Lipinski definition) is 4. The van der Waals surface area contributed by atoms with E-state index in [0.29, 0.717) is 0 Å². The van der Waals surface area contributed by atoms with E-state index in [-0.39, 0.29) is 9.63 Å². The molecular formula is C9H12BrN3O. The van der Waals surface area contributed by atoms with Crippen molar-refractivity contribution >= 4 is 21.7 Å². The Morgan fingerprint density at radius 3 is 3.00 bits per heavy atom. The van der Waals surface area contributed by atoms with Crippen molar-refractivity contribution < 1.29 is 17.4 Å². The van der Waals surface area contributed by atoms with Gasteiger partial charge in [-0.3, -0.25) is 0 Å². The molecule has 1 fully saturated rings. The monoisotopic (exact) mass is 266 g/mol. The van der Waals surface area contributed by atoms with Gasteiger partial charge in [-0.15, -0.1) is 0 Å². The largest absolute Gasteiger partial charge is 0.393 e. The third-order valence-electron chi connectivity index (χ3n) is 1.41. The van der Waals surface area contributed by atoms with E-state index in [9.17, 15) is 5.11 Å². The Bertz CT molecular complexity index is 608.